The molecule has 0 spiro atoms. The van der Waals surface area contributed by atoms with Crippen molar-refractivity contribution in [1.82, 2.24) is 10.2 Å². The van der Waals surface area contributed by atoms with E-state index in [-0.39, 0.29) is 0 Å². The fourth-order valence-electron chi connectivity index (χ4n) is 4.25. The number of anilines is 1. The topological polar surface area (TPSA) is 37.8 Å². The van der Waals surface area contributed by atoms with Gasteiger partial charge in [0.2, 0.25) is 0 Å². The molecule has 3 nitrogen and oxygen atoms in total. The summed E-state index contributed by atoms with van der Waals surface area (Å²) in [5, 5.41) is 10.1. The summed E-state index contributed by atoms with van der Waals surface area (Å²) in [4.78, 5) is 0. The molecule has 0 aliphatic heterocycles. The lowest BCUT2D eigenvalue weighted by Gasteiger charge is -2.11. The van der Waals surface area contributed by atoms with E-state index in [0.717, 1.165) is 29.7 Å². The number of nitrogens with zero attached hydrogens (tertiary/aromatic N) is 2. The normalized spacial score (nSPS) is 39.2. The summed E-state index contributed by atoms with van der Waals surface area (Å²) in [6, 6.07) is 2.78. The molecule has 4 rings (SSSR count). The molecule has 0 radical (unpaired) electrons. The fourth-order valence-corrected chi connectivity index (χ4v) is 4.25. The van der Waals surface area contributed by atoms with Gasteiger partial charge in [0.1, 0.15) is 5.82 Å². The molecule has 1 aromatic heterocycles. The van der Waals surface area contributed by atoms with E-state index in [9.17, 15) is 13.2 Å². The Morgan fingerprint density at radius 1 is 1.05 bits per heavy atom. The fraction of sp³-hybridized carbons (Fsp3) is 0.692. The Labute approximate surface area is 108 Å². The second kappa shape index (κ2) is 3.61. The molecule has 1 aromatic rings. The largest absolute Gasteiger partial charge is 0.435 e. The minimum atomic E-state index is -4.42. The molecule has 1 N–H and O–H groups in total. The van der Waals surface area contributed by atoms with Crippen LogP contribution in [0.4, 0.5) is 19.0 Å². The van der Waals surface area contributed by atoms with E-state index < -0.39 is 11.9 Å². The summed E-state index contributed by atoms with van der Waals surface area (Å²) in [6.07, 6.45) is -0.418. The standard InChI is InChI=1S/C13H14F3N3/c14-13(15,16)8-3-4-9(19-18-8)17-12-10-6-1-2-7(5-6)11(10)12/h3-4,6-7,10-12H,1-2,5H2,(H,17,19). The molecule has 0 saturated heterocycles. The lowest BCUT2D eigenvalue weighted by atomic mass is 10.0. The van der Waals surface area contributed by atoms with Crippen LogP contribution in [-0.2, 0) is 6.18 Å². The minimum Gasteiger partial charge on any atom is -0.365 e. The van der Waals surface area contributed by atoms with Crippen LogP contribution in [0, 0.1) is 23.7 Å². The molecule has 3 aliphatic carbocycles. The number of hydrogen-bond acceptors (Lipinski definition) is 3. The maximum Gasteiger partial charge on any atom is 0.435 e. The predicted molar refractivity (Wildman–Crippen MR) is 62.3 cm³/mol. The van der Waals surface area contributed by atoms with Crippen LogP contribution in [0.15, 0.2) is 12.1 Å². The van der Waals surface area contributed by atoms with Crippen LogP contribution in [0.5, 0.6) is 0 Å². The lowest BCUT2D eigenvalue weighted by molar-refractivity contribution is -0.141. The van der Waals surface area contributed by atoms with Gasteiger partial charge in [-0.1, -0.05) is 0 Å². The highest BCUT2D eigenvalue weighted by Crippen LogP contribution is 2.66. The van der Waals surface area contributed by atoms with Crippen LogP contribution in [0.3, 0.4) is 0 Å². The first-order valence-corrected chi connectivity index (χ1v) is 6.71. The van der Waals surface area contributed by atoms with E-state index in [1.54, 1.807) is 0 Å². The molecule has 19 heavy (non-hydrogen) atoms. The van der Waals surface area contributed by atoms with Gasteiger partial charge in [0.25, 0.3) is 0 Å². The summed E-state index contributed by atoms with van der Waals surface area (Å²) in [7, 11) is 0. The predicted octanol–water partition coefficient (Wildman–Crippen LogP) is 2.95. The molecule has 0 aromatic carbocycles. The zero-order valence-electron chi connectivity index (χ0n) is 10.2. The van der Waals surface area contributed by atoms with Gasteiger partial charge in [0.15, 0.2) is 5.69 Å². The number of hydrogen-bond donors (Lipinski definition) is 1. The second-order valence-corrected chi connectivity index (χ2v) is 5.96. The molecule has 2 bridgehead atoms. The van der Waals surface area contributed by atoms with Crippen LogP contribution < -0.4 is 5.32 Å². The van der Waals surface area contributed by atoms with E-state index in [2.05, 4.69) is 15.5 Å². The molecule has 3 aliphatic rings. The lowest BCUT2D eigenvalue weighted by Crippen LogP contribution is -2.15. The SMILES string of the molecule is FC(F)(F)c1ccc(NC2C3C4CCC(C4)C23)nn1. The quantitative estimate of drug-likeness (QED) is 0.897. The molecule has 4 atom stereocenters. The molecular formula is C13H14F3N3. The Balaban J connectivity index is 1.45. The van der Waals surface area contributed by atoms with Gasteiger partial charge in [-0.25, -0.2) is 0 Å². The first kappa shape index (κ1) is 11.5. The third kappa shape index (κ3) is 1.72. The van der Waals surface area contributed by atoms with Gasteiger partial charge >= 0.3 is 6.18 Å². The van der Waals surface area contributed by atoms with Gasteiger partial charge in [-0.3, -0.25) is 0 Å². The van der Waals surface area contributed by atoms with Gasteiger partial charge in [-0.05, 0) is 55.1 Å². The number of nitrogens with one attached hydrogen (secondary N) is 1. The Hall–Kier alpha value is -1.33. The van der Waals surface area contributed by atoms with Crippen molar-refractivity contribution in [3.05, 3.63) is 17.8 Å². The van der Waals surface area contributed by atoms with Crippen LogP contribution in [0.25, 0.3) is 0 Å². The number of fused-ring (bicyclic) bond motifs is 5. The average molecular weight is 269 g/mol. The second-order valence-electron chi connectivity index (χ2n) is 5.96. The maximum absolute atomic E-state index is 12.4. The molecule has 6 heteroatoms. The van der Waals surface area contributed by atoms with Gasteiger partial charge in [0.05, 0.1) is 0 Å². The summed E-state index contributed by atoms with van der Waals surface area (Å²) < 4.78 is 37.1. The first-order valence-electron chi connectivity index (χ1n) is 6.71. The van der Waals surface area contributed by atoms with Crippen molar-refractivity contribution in [3.8, 4) is 0 Å². The van der Waals surface area contributed by atoms with E-state index in [0.29, 0.717) is 11.9 Å². The third-order valence-electron chi connectivity index (χ3n) is 5.00. The highest BCUT2D eigenvalue weighted by atomic mass is 19.4. The summed E-state index contributed by atoms with van der Waals surface area (Å²) >= 11 is 0. The minimum absolute atomic E-state index is 0.414. The van der Waals surface area contributed by atoms with E-state index in [1.165, 1.54) is 25.3 Å². The van der Waals surface area contributed by atoms with E-state index in [1.807, 2.05) is 0 Å². The van der Waals surface area contributed by atoms with Crippen molar-refractivity contribution >= 4 is 5.82 Å². The number of aromatic nitrogens is 2. The van der Waals surface area contributed by atoms with Crippen molar-refractivity contribution in [1.29, 1.82) is 0 Å². The third-order valence-corrected chi connectivity index (χ3v) is 5.00. The molecule has 3 fully saturated rings. The molecule has 3 saturated carbocycles. The molecule has 1 heterocycles. The van der Waals surface area contributed by atoms with Crippen LogP contribution in [0.1, 0.15) is 25.0 Å². The number of rotatable bonds is 2. The molecule has 102 valence electrons. The van der Waals surface area contributed by atoms with Crippen molar-refractivity contribution in [2.45, 2.75) is 31.5 Å². The van der Waals surface area contributed by atoms with Crippen molar-refractivity contribution in [2.75, 3.05) is 5.32 Å². The Kier molecular flexibility index (Phi) is 2.18. The van der Waals surface area contributed by atoms with Crippen molar-refractivity contribution in [3.63, 3.8) is 0 Å². The van der Waals surface area contributed by atoms with Crippen LogP contribution in [-0.4, -0.2) is 16.2 Å². The highest BCUT2D eigenvalue weighted by molar-refractivity contribution is 5.39. The zero-order valence-corrected chi connectivity index (χ0v) is 10.2. The Morgan fingerprint density at radius 3 is 2.26 bits per heavy atom. The first-order chi connectivity index (χ1) is 9.04. The van der Waals surface area contributed by atoms with E-state index >= 15 is 0 Å². The molecule has 4 unspecified atom stereocenters. The summed E-state index contributed by atoms with van der Waals surface area (Å²) in [5.41, 5.74) is -0.936. The van der Waals surface area contributed by atoms with Gasteiger partial charge in [-0.15, -0.1) is 10.2 Å². The number of alkyl halides is 3. The maximum atomic E-state index is 12.4. The number of halogens is 3. The average Bonchev–Trinajstić information content (AvgIpc) is 2.77. The van der Waals surface area contributed by atoms with Crippen molar-refractivity contribution < 1.29 is 13.2 Å². The smallest absolute Gasteiger partial charge is 0.365 e. The molecular weight excluding hydrogens is 255 g/mol. The highest BCUT2D eigenvalue weighted by Gasteiger charge is 2.65. The summed E-state index contributed by atoms with van der Waals surface area (Å²) in [5.74, 6) is 3.57. The van der Waals surface area contributed by atoms with E-state index in [4.69, 9.17) is 0 Å². The van der Waals surface area contributed by atoms with Gasteiger partial charge in [-0.2, -0.15) is 13.2 Å². The van der Waals surface area contributed by atoms with Gasteiger partial charge < -0.3 is 5.32 Å². The summed E-state index contributed by atoms with van der Waals surface area (Å²) in [6.45, 7) is 0. The monoisotopic (exact) mass is 269 g/mol. The van der Waals surface area contributed by atoms with Crippen LogP contribution >= 0.6 is 0 Å². The molecule has 0 amide bonds. The Morgan fingerprint density at radius 2 is 1.74 bits per heavy atom. The van der Waals surface area contributed by atoms with Crippen LogP contribution in [0.2, 0.25) is 0 Å². The van der Waals surface area contributed by atoms with Gasteiger partial charge in [0, 0.05) is 6.04 Å². The van der Waals surface area contributed by atoms with Crippen molar-refractivity contribution in [2.24, 2.45) is 23.7 Å². The Bertz CT molecular complexity index is 483. The zero-order chi connectivity index (χ0) is 13.2.